The van der Waals surface area contributed by atoms with Gasteiger partial charge in [0.2, 0.25) is 5.91 Å². The summed E-state index contributed by atoms with van der Waals surface area (Å²) in [6.45, 7) is 1.30. The van der Waals surface area contributed by atoms with Crippen molar-refractivity contribution < 1.29 is 14.0 Å². The molecule has 0 radical (unpaired) electrons. The van der Waals surface area contributed by atoms with Crippen LogP contribution in [0.5, 0.6) is 0 Å². The molecule has 1 N–H and O–H groups in total. The van der Waals surface area contributed by atoms with Crippen LogP contribution >= 0.6 is 0 Å². The molecular formula is C21H28FN3O3. The zero-order valence-corrected chi connectivity index (χ0v) is 16.5. The van der Waals surface area contributed by atoms with E-state index in [0.29, 0.717) is 11.1 Å². The smallest absolute Gasteiger partial charge is 0.255 e. The van der Waals surface area contributed by atoms with Gasteiger partial charge in [-0.2, -0.15) is 0 Å². The first-order valence-electron chi connectivity index (χ1n) is 10.2. The van der Waals surface area contributed by atoms with Gasteiger partial charge in [0.15, 0.2) is 0 Å². The molecule has 1 aromatic heterocycles. The number of piperidine rings is 1. The largest absolute Gasteiger partial charge is 0.353 e. The number of rotatable bonds is 4. The van der Waals surface area contributed by atoms with Crippen LogP contribution in [0.2, 0.25) is 0 Å². The van der Waals surface area contributed by atoms with E-state index in [4.69, 9.17) is 0 Å². The summed E-state index contributed by atoms with van der Waals surface area (Å²) in [5.74, 6) is -0.360. The van der Waals surface area contributed by atoms with Gasteiger partial charge in [-0.05, 0) is 57.4 Å². The predicted octanol–water partition coefficient (Wildman–Crippen LogP) is 1.94. The zero-order chi connectivity index (χ0) is 20.0. The van der Waals surface area contributed by atoms with Gasteiger partial charge in [-0.15, -0.1) is 0 Å². The second-order valence-corrected chi connectivity index (χ2v) is 8.70. The lowest BCUT2D eigenvalue weighted by Gasteiger charge is -2.41. The molecule has 0 aromatic carbocycles. The molecule has 6 nitrogen and oxygen atoms in total. The number of carbonyl (C=O) groups is 2. The number of hydrogen-bond acceptors (Lipinski definition) is 3. The number of nitrogens with zero attached hydrogens (tertiary/aromatic N) is 2. The Hall–Kier alpha value is -2.18. The summed E-state index contributed by atoms with van der Waals surface area (Å²) in [7, 11) is 1.66. The molecule has 152 valence electrons. The third-order valence-electron chi connectivity index (χ3n) is 6.88. The predicted molar refractivity (Wildman–Crippen MR) is 103 cm³/mol. The van der Waals surface area contributed by atoms with Crippen LogP contribution in [-0.4, -0.2) is 46.1 Å². The summed E-state index contributed by atoms with van der Waals surface area (Å²) in [6, 6.07) is 1.93. The van der Waals surface area contributed by atoms with Gasteiger partial charge in [-0.1, -0.05) is 0 Å². The Morgan fingerprint density at radius 3 is 2.39 bits per heavy atom. The number of aromatic nitrogens is 1. The zero-order valence-electron chi connectivity index (χ0n) is 16.5. The molecule has 0 spiro atoms. The summed E-state index contributed by atoms with van der Waals surface area (Å²) in [4.78, 5) is 39.4. The minimum absolute atomic E-state index is 0.0215. The quantitative estimate of drug-likeness (QED) is 0.856. The standard InChI is InChI=1S/C21H28FN3O3/c1-12-7-14(11-24(2)20(12)27)21(28)25-16-4-5-17(25)9-15(8-16)23-19(26)18-6-3-13(18)10-22/h7,11,13,15-18H,3-6,8-10H2,1-2H3,(H,23,26)/t13-,15?,16-,17+,18+/m0/s1. The van der Waals surface area contributed by atoms with Crippen molar-refractivity contribution in [1.82, 2.24) is 14.8 Å². The highest BCUT2D eigenvalue weighted by molar-refractivity contribution is 5.95. The van der Waals surface area contributed by atoms with Crippen LogP contribution in [0.4, 0.5) is 4.39 Å². The first-order valence-corrected chi connectivity index (χ1v) is 10.2. The second kappa shape index (κ2) is 7.33. The number of amides is 2. The second-order valence-electron chi connectivity index (χ2n) is 8.70. The van der Waals surface area contributed by atoms with Crippen molar-refractivity contribution in [2.75, 3.05) is 6.67 Å². The van der Waals surface area contributed by atoms with Gasteiger partial charge >= 0.3 is 0 Å². The van der Waals surface area contributed by atoms with Crippen LogP contribution in [0.25, 0.3) is 0 Å². The van der Waals surface area contributed by atoms with Crippen LogP contribution in [0.3, 0.4) is 0 Å². The van der Waals surface area contributed by atoms with E-state index in [1.807, 2.05) is 4.90 Å². The van der Waals surface area contributed by atoms with E-state index in [1.54, 1.807) is 26.2 Å². The first kappa shape index (κ1) is 19.2. The van der Waals surface area contributed by atoms with E-state index in [0.717, 1.165) is 38.5 Å². The summed E-state index contributed by atoms with van der Waals surface area (Å²) < 4.78 is 14.4. The molecule has 2 bridgehead atoms. The number of halogens is 1. The van der Waals surface area contributed by atoms with E-state index in [-0.39, 0.29) is 47.3 Å². The molecule has 2 aliphatic heterocycles. The molecule has 4 rings (SSSR count). The highest BCUT2D eigenvalue weighted by Gasteiger charge is 2.45. The number of aryl methyl sites for hydroxylation is 2. The molecule has 1 saturated carbocycles. The van der Waals surface area contributed by atoms with Crippen LogP contribution in [0, 0.1) is 18.8 Å². The van der Waals surface area contributed by atoms with E-state index < -0.39 is 6.67 Å². The normalized spacial score (nSPS) is 31.4. The van der Waals surface area contributed by atoms with Gasteiger partial charge in [-0.3, -0.25) is 18.8 Å². The monoisotopic (exact) mass is 389 g/mol. The van der Waals surface area contributed by atoms with Crippen LogP contribution in [-0.2, 0) is 11.8 Å². The lowest BCUT2D eigenvalue weighted by molar-refractivity contribution is -0.131. The van der Waals surface area contributed by atoms with E-state index in [2.05, 4.69) is 5.32 Å². The minimum Gasteiger partial charge on any atom is -0.353 e. The average Bonchev–Trinajstić information content (AvgIpc) is 2.88. The number of alkyl halides is 1. The van der Waals surface area contributed by atoms with Crippen molar-refractivity contribution in [2.45, 2.75) is 63.6 Å². The van der Waals surface area contributed by atoms with Crippen LogP contribution in [0.1, 0.15) is 54.4 Å². The summed E-state index contributed by atoms with van der Waals surface area (Å²) >= 11 is 0. The Morgan fingerprint density at radius 1 is 1.18 bits per heavy atom. The Bertz CT molecular complexity index is 810. The van der Waals surface area contributed by atoms with Gasteiger partial charge in [0, 0.05) is 42.9 Å². The van der Waals surface area contributed by atoms with Gasteiger partial charge in [0.05, 0.1) is 12.2 Å². The molecule has 7 heteroatoms. The van der Waals surface area contributed by atoms with Crippen molar-refractivity contribution >= 4 is 11.8 Å². The molecule has 2 saturated heterocycles. The molecule has 1 aliphatic carbocycles. The maximum Gasteiger partial charge on any atom is 0.255 e. The number of nitrogens with one attached hydrogen (secondary N) is 1. The summed E-state index contributed by atoms with van der Waals surface area (Å²) in [5, 5.41) is 3.12. The van der Waals surface area contributed by atoms with Crippen LogP contribution < -0.4 is 10.9 Å². The van der Waals surface area contributed by atoms with Gasteiger partial charge in [0.25, 0.3) is 11.5 Å². The van der Waals surface area contributed by atoms with Crippen molar-refractivity contribution in [3.63, 3.8) is 0 Å². The van der Waals surface area contributed by atoms with E-state index in [9.17, 15) is 18.8 Å². The SMILES string of the molecule is Cc1cc(C(=O)N2[C@@H]3CC[C@H]2CC(NC(=O)[C@@H]2CC[C@H]2CF)C3)cn(C)c1=O. The molecule has 1 unspecified atom stereocenters. The summed E-state index contributed by atoms with van der Waals surface area (Å²) in [5.41, 5.74) is 1.01. The molecule has 5 atom stereocenters. The van der Waals surface area contributed by atoms with E-state index >= 15 is 0 Å². The summed E-state index contributed by atoms with van der Waals surface area (Å²) in [6.07, 6.45) is 6.53. The first-order chi connectivity index (χ1) is 13.4. The Morgan fingerprint density at radius 2 is 1.86 bits per heavy atom. The van der Waals surface area contributed by atoms with Crippen molar-refractivity contribution in [1.29, 1.82) is 0 Å². The lowest BCUT2D eigenvalue weighted by Crippen LogP contribution is -2.54. The number of carbonyl (C=O) groups excluding carboxylic acids is 2. The molecule has 3 aliphatic rings. The van der Waals surface area contributed by atoms with Gasteiger partial charge < -0.3 is 14.8 Å². The highest BCUT2D eigenvalue weighted by atomic mass is 19.1. The lowest BCUT2D eigenvalue weighted by atomic mass is 9.73. The molecule has 3 fully saturated rings. The fraction of sp³-hybridized carbons (Fsp3) is 0.667. The Balaban J connectivity index is 1.43. The fourth-order valence-electron chi connectivity index (χ4n) is 5.18. The van der Waals surface area contributed by atoms with Gasteiger partial charge in [0.1, 0.15) is 0 Å². The minimum atomic E-state index is -0.421. The highest BCUT2D eigenvalue weighted by Crippen LogP contribution is 2.38. The number of hydrogen-bond donors (Lipinski definition) is 1. The van der Waals surface area contributed by atoms with E-state index in [1.165, 1.54) is 4.57 Å². The molecule has 28 heavy (non-hydrogen) atoms. The van der Waals surface area contributed by atoms with Gasteiger partial charge in [-0.25, -0.2) is 0 Å². The van der Waals surface area contributed by atoms with Crippen molar-refractivity contribution in [3.05, 3.63) is 33.7 Å². The Labute approximate surface area is 164 Å². The molecule has 2 amide bonds. The third-order valence-corrected chi connectivity index (χ3v) is 6.88. The fourth-order valence-corrected chi connectivity index (χ4v) is 5.18. The molecule has 3 heterocycles. The van der Waals surface area contributed by atoms with Crippen LogP contribution in [0.15, 0.2) is 17.1 Å². The van der Waals surface area contributed by atoms with Crippen molar-refractivity contribution in [3.8, 4) is 0 Å². The average molecular weight is 389 g/mol. The van der Waals surface area contributed by atoms with Crippen molar-refractivity contribution in [2.24, 2.45) is 18.9 Å². The maximum atomic E-state index is 13.1. The number of pyridine rings is 1. The molecular weight excluding hydrogens is 361 g/mol. The number of fused-ring (bicyclic) bond motifs is 2. The Kier molecular flexibility index (Phi) is 5.02. The topological polar surface area (TPSA) is 71.4 Å². The third kappa shape index (κ3) is 3.25. The molecule has 1 aromatic rings. The maximum absolute atomic E-state index is 13.1.